The number of halogens is 1. The van der Waals surface area contributed by atoms with Crippen molar-refractivity contribution in [3.8, 4) is 0 Å². The fraction of sp³-hybridized carbons (Fsp3) is 0.633. The third-order valence-electron chi connectivity index (χ3n) is 7.29. The van der Waals surface area contributed by atoms with Gasteiger partial charge in [-0.15, -0.1) is 0 Å². The number of likely N-dealkylation sites (tertiary alicyclic amines) is 1. The SMILES string of the molecule is CC/C(=C(/N)C(=O)N(CC(C)C)C1CC(C(=O)N2CCOCC2)CN(C(=O)OC(C)(C)C)C1)N(N)c1ccccc1F. The molecular formula is C30H47FN6O5. The maximum absolute atomic E-state index is 14.6. The van der Waals surface area contributed by atoms with E-state index in [1.165, 1.54) is 17.0 Å². The van der Waals surface area contributed by atoms with Gasteiger partial charge in [0, 0.05) is 32.7 Å². The monoisotopic (exact) mass is 590 g/mol. The first kappa shape index (κ1) is 33.1. The number of allylic oxidation sites excluding steroid dienone is 1. The standard InChI is InChI=1S/C30H47FN6O5/c1-7-24(37(33)25-11-9-8-10-23(25)31)26(32)28(39)36(17-20(2)3)22-16-21(27(38)34-12-14-41-15-13-34)18-35(19-22)29(40)42-30(4,5)6/h8-11,20-22H,7,12-19,32-33H2,1-6H3/b26-24-. The van der Waals surface area contributed by atoms with Crippen LogP contribution in [0, 0.1) is 17.7 Å². The van der Waals surface area contributed by atoms with Crippen LogP contribution in [0.25, 0.3) is 0 Å². The molecule has 2 fully saturated rings. The topological polar surface area (TPSA) is 135 Å². The fourth-order valence-electron chi connectivity index (χ4n) is 5.35. The van der Waals surface area contributed by atoms with Crippen molar-refractivity contribution >= 4 is 23.6 Å². The first-order chi connectivity index (χ1) is 19.7. The van der Waals surface area contributed by atoms with Crippen LogP contribution in [0.3, 0.4) is 0 Å². The Balaban J connectivity index is 1.98. The van der Waals surface area contributed by atoms with E-state index in [1.807, 2.05) is 13.8 Å². The first-order valence-electron chi connectivity index (χ1n) is 14.7. The van der Waals surface area contributed by atoms with Gasteiger partial charge in [-0.1, -0.05) is 32.9 Å². The van der Waals surface area contributed by atoms with Crippen molar-refractivity contribution in [2.45, 2.75) is 66.0 Å². The number of hydrazine groups is 1. The Kier molecular flexibility index (Phi) is 11.2. The predicted molar refractivity (Wildman–Crippen MR) is 158 cm³/mol. The van der Waals surface area contributed by atoms with Crippen LogP contribution in [0.15, 0.2) is 35.7 Å². The van der Waals surface area contributed by atoms with E-state index >= 15 is 0 Å². The van der Waals surface area contributed by atoms with E-state index in [-0.39, 0.29) is 48.4 Å². The van der Waals surface area contributed by atoms with Crippen molar-refractivity contribution in [1.82, 2.24) is 14.7 Å². The fourth-order valence-corrected chi connectivity index (χ4v) is 5.35. The van der Waals surface area contributed by atoms with Gasteiger partial charge >= 0.3 is 6.09 Å². The van der Waals surface area contributed by atoms with Crippen molar-refractivity contribution in [3.63, 3.8) is 0 Å². The number of hydrogen-bond acceptors (Lipinski definition) is 8. The summed E-state index contributed by atoms with van der Waals surface area (Å²) in [5, 5.41) is 1.11. The molecule has 0 bridgehead atoms. The van der Waals surface area contributed by atoms with E-state index in [9.17, 15) is 18.8 Å². The molecule has 2 heterocycles. The van der Waals surface area contributed by atoms with Crippen LogP contribution in [-0.4, -0.2) is 90.2 Å². The maximum Gasteiger partial charge on any atom is 0.410 e. The number of carbonyl (C=O) groups is 3. The van der Waals surface area contributed by atoms with E-state index in [2.05, 4.69) is 0 Å². The van der Waals surface area contributed by atoms with Crippen LogP contribution in [0.5, 0.6) is 0 Å². The number of anilines is 1. The lowest BCUT2D eigenvalue weighted by atomic mass is 9.91. The summed E-state index contributed by atoms with van der Waals surface area (Å²) < 4.78 is 25.6. The zero-order chi connectivity index (χ0) is 31.2. The summed E-state index contributed by atoms with van der Waals surface area (Å²) in [4.78, 5) is 45.9. The third kappa shape index (κ3) is 8.34. The number of nitrogens with two attached hydrogens (primary N) is 2. The molecule has 234 valence electrons. The molecule has 3 rings (SSSR count). The molecule has 0 aliphatic carbocycles. The molecule has 1 aromatic carbocycles. The van der Waals surface area contributed by atoms with Gasteiger partial charge < -0.3 is 29.9 Å². The molecule has 2 aliphatic rings. The van der Waals surface area contributed by atoms with E-state index in [0.717, 1.165) is 5.01 Å². The van der Waals surface area contributed by atoms with E-state index < -0.39 is 35.4 Å². The van der Waals surface area contributed by atoms with Crippen LogP contribution in [0.1, 0.15) is 54.4 Å². The lowest BCUT2D eigenvalue weighted by Crippen LogP contribution is -2.59. The zero-order valence-corrected chi connectivity index (χ0v) is 25.8. The minimum absolute atomic E-state index is 0.0534. The van der Waals surface area contributed by atoms with Gasteiger partial charge in [0.25, 0.3) is 5.91 Å². The Morgan fingerprint density at radius 1 is 1.12 bits per heavy atom. The lowest BCUT2D eigenvalue weighted by Gasteiger charge is -2.44. The van der Waals surface area contributed by atoms with Gasteiger partial charge in [-0.3, -0.25) is 14.6 Å². The second-order valence-electron chi connectivity index (χ2n) is 12.3. The van der Waals surface area contributed by atoms with Crippen LogP contribution in [-0.2, 0) is 19.1 Å². The Morgan fingerprint density at radius 2 is 1.76 bits per heavy atom. The number of morpholine rings is 1. The molecule has 11 nitrogen and oxygen atoms in total. The summed E-state index contributed by atoms with van der Waals surface area (Å²) in [5.74, 6) is 4.68. The number of ether oxygens (including phenoxy) is 2. The molecule has 0 aromatic heterocycles. The minimum Gasteiger partial charge on any atom is -0.444 e. The summed E-state index contributed by atoms with van der Waals surface area (Å²) in [6.07, 6.45) is 0.0713. The number of para-hydroxylation sites is 1. The third-order valence-corrected chi connectivity index (χ3v) is 7.29. The quantitative estimate of drug-likeness (QED) is 0.268. The minimum atomic E-state index is -0.734. The van der Waals surface area contributed by atoms with E-state index in [0.29, 0.717) is 39.3 Å². The summed E-state index contributed by atoms with van der Waals surface area (Å²) >= 11 is 0. The largest absolute Gasteiger partial charge is 0.444 e. The van der Waals surface area contributed by atoms with E-state index in [4.69, 9.17) is 21.1 Å². The van der Waals surface area contributed by atoms with Gasteiger partial charge in [-0.25, -0.2) is 15.0 Å². The molecule has 2 unspecified atom stereocenters. The summed E-state index contributed by atoms with van der Waals surface area (Å²) in [6.45, 7) is 13.6. The number of nitrogens with zero attached hydrogens (tertiary/aromatic N) is 4. The molecule has 2 atom stereocenters. The highest BCUT2D eigenvalue weighted by Crippen LogP contribution is 2.28. The van der Waals surface area contributed by atoms with Gasteiger partial charge in [-0.2, -0.15) is 0 Å². The van der Waals surface area contributed by atoms with Gasteiger partial charge in [-0.05, 0) is 51.7 Å². The van der Waals surface area contributed by atoms with Crippen molar-refractivity contribution < 1.29 is 28.2 Å². The molecular weight excluding hydrogens is 543 g/mol. The van der Waals surface area contributed by atoms with Crippen molar-refractivity contribution in [2.75, 3.05) is 50.9 Å². The molecule has 12 heteroatoms. The number of carbonyl (C=O) groups excluding carboxylic acids is 3. The first-order valence-corrected chi connectivity index (χ1v) is 14.7. The summed E-state index contributed by atoms with van der Waals surface area (Å²) in [5.41, 5.74) is 5.98. The predicted octanol–water partition coefficient (Wildman–Crippen LogP) is 3.06. The molecule has 0 radical (unpaired) electrons. The summed E-state index contributed by atoms with van der Waals surface area (Å²) in [6, 6.07) is 5.47. The molecule has 2 aliphatic heterocycles. The normalized spacial score (nSPS) is 20.2. The molecule has 42 heavy (non-hydrogen) atoms. The maximum atomic E-state index is 14.6. The number of piperidine rings is 1. The lowest BCUT2D eigenvalue weighted by molar-refractivity contribution is -0.144. The van der Waals surface area contributed by atoms with Crippen LogP contribution < -0.4 is 16.6 Å². The second-order valence-corrected chi connectivity index (χ2v) is 12.3. The highest BCUT2D eigenvalue weighted by Gasteiger charge is 2.41. The zero-order valence-electron chi connectivity index (χ0n) is 25.8. The molecule has 0 saturated carbocycles. The highest BCUT2D eigenvalue weighted by molar-refractivity contribution is 5.94. The molecule has 1 aromatic rings. The average Bonchev–Trinajstić information content (AvgIpc) is 2.94. The average molecular weight is 591 g/mol. The van der Waals surface area contributed by atoms with Crippen molar-refractivity contribution in [1.29, 1.82) is 0 Å². The molecule has 0 spiro atoms. The summed E-state index contributed by atoms with van der Waals surface area (Å²) in [7, 11) is 0. The number of amides is 3. The smallest absolute Gasteiger partial charge is 0.410 e. The Morgan fingerprint density at radius 3 is 2.33 bits per heavy atom. The van der Waals surface area contributed by atoms with Crippen molar-refractivity contribution in [2.24, 2.45) is 23.4 Å². The van der Waals surface area contributed by atoms with Crippen molar-refractivity contribution in [3.05, 3.63) is 41.5 Å². The van der Waals surface area contributed by atoms with Gasteiger partial charge in [0.1, 0.15) is 17.1 Å². The number of rotatable bonds is 8. The van der Waals surface area contributed by atoms with Crippen LogP contribution in [0.4, 0.5) is 14.9 Å². The van der Waals surface area contributed by atoms with E-state index in [1.54, 1.807) is 49.6 Å². The van der Waals surface area contributed by atoms with Crippen LogP contribution in [0.2, 0.25) is 0 Å². The second kappa shape index (κ2) is 14.2. The van der Waals surface area contributed by atoms with Gasteiger partial charge in [0.05, 0.1) is 36.6 Å². The Hall–Kier alpha value is -3.38. The number of hydrogen-bond donors (Lipinski definition) is 2. The number of benzene rings is 1. The Labute approximate surface area is 248 Å². The highest BCUT2D eigenvalue weighted by atomic mass is 19.1. The van der Waals surface area contributed by atoms with Gasteiger partial charge in [0.2, 0.25) is 5.91 Å². The molecule has 2 saturated heterocycles. The molecule has 3 amide bonds. The molecule has 4 N–H and O–H groups in total. The Bertz CT molecular complexity index is 1150. The van der Waals surface area contributed by atoms with Gasteiger partial charge in [0.15, 0.2) is 0 Å². The van der Waals surface area contributed by atoms with Crippen LogP contribution >= 0.6 is 0 Å².